The molecular weight excluding hydrogens is 1960 g/mol. The van der Waals surface area contributed by atoms with E-state index in [-0.39, 0.29) is 171 Å². The fourth-order valence-corrected chi connectivity index (χ4v) is 17.9. The van der Waals surface area contributed by atoms with Gasteiger partial charge in [0.2, 0.25) is 0 Å². The number of benzene rings is 4. The first-order chi connectivity index (χ1) is 65.5. The van der Waals surface area contributed by atoms with Gasteiger partial charge in [-0.05, 0) is 103 Å². The number of amides is 18. The number of hydrogen-bond acceptors (Lipinski definition) is 41. The van der Waals surface area contributed by atoms with Gasteiger partial charge in [0.15, 0.2) is 0 Å². The van der Waals surface area contributed by atoms with E-state index in [2.05, 4.69) is 43.5 Å². The Kier molecular flexibility index (Phi) is 26.4. The van der Waals surface area contributed by atoms with Crippen molar-refractivity contribution in [3.8, 4) is 0 Å². The topological polar surface area (TPSA) is 653 Å². The van der Waals surface area contributed by atoms with Crippen LogP contribution in [0.5, 0.6) is 0 Å². The average Bonchev–Trinajstić information content (AvgIpc) is 1.56. The van der Waals surface area contributed by atoms with Crippen molar-refractivity contribution in [2.75, 3.05) is 0 Å². The van der Waals surface area contributed by atoms with Crippen molar-refractivity contribution in [2.45, 2.75) is 57.8 Å². The van der Waals surface area contributed by atoms with E-state index in [4.69, 9.17) is 67.7 Å². The van der Waals surface area contributed by atoms with Crippen LogP contribution in [0.2, 0.25) is 0 Å². The molecular formula is C81H50Cl5N11O41. The highest BCUT2D eigenvalue weighted by molar-refractivity contribution is 6.62. The summed E-state index contributed by atoms with van der Waals surface area (Å²) in [4.78, 5) is 396. The number of aromatic nitrogens is 2. The van der Waals surface area contributed by atoms with Gasteiger partial charge < -0.3 is 24.2 Å². The Morgan fingerprint density at radius 3 is 0.601 bits per heavy atom. The highest BCUT2D eigenvalue weighted by Gasteiger charge is 2.65. The second-order valence-corrected chi connectivity index (χ2v) is 32.2. The largest absolute Gasteiger partial charge is 0.560 e. The van der Waals surface area contributed by atoms with Crippen LogP contribution in [0.1, 0.15) is 120 Å². The number of halogens is 5. The minimum absolute atomic E-state index is 0.0276. The average molecular weight is 2010 g/mol. The SMILES string of the molecule is O=C(Cl)ON1C(=O)C2C3C=CC(C3)C2C1=O.O=C(Cl)ON1C(=O)CCC1=O.O=C(Cl)ON1C(=O)c2ccccc2C1=O.O=C(Cl)On1c(=O)c2cc3c(=O)n(OC(=O)Cl)c(=O)c3cc2c1=O.O=C(ON1C(=O)C2C3C=CC(C3)C2C1=O)ON1C(=O)C2C3C=CC(C3)C2C1=O.O=C(ON1C(=O)CCC1=O)ON1C(=O)CCC1=O.O=C(ON1C(=O)c2ccccc2C1=O)ON1C(=O)c2ccccc2C1=O. The van der Waals surface area contributed by atoms with Crippen LogP contribution < -0.4 is 31.9 Å². The van der Waals surface area contributed by atoms with Crippen molar-refractivity contribution >= 4 is 231 Å². The fraction of sp³-hybridized carbons (Fsp3) is 0.259. The maximum atomic E-state index is 12.5. The highest BCUT2D eigenvalue weighted by atomic mass is 35.5. The molecule has 21 rings (SSSR count). The quantitative estimate of drug-likeness (QED) is 0.100. The molecule has 6 saturated heterocycles. The molecule has 6 aliphatic carbocycles. The van der Waals surface area contributed by atoms with Crippen molar-refractivity contribution in [2.24, 2.45) is 71.0 Å². The first-order valence-electron chi connectivity index (χ1n) is 39.7. The number of carbonyl (C=O) groups is 26. The first-order valence-corrected chi connectivity index (χ1v) is 41.6. The van der Waals surface area contributed by atoms with Gasteiger partial charge in [-0.15, -0.1) is 10.1 Å². The molecule has 9 fully saturated rings. The molecule has 18 amide bonds. The summed E-state index contributed by atoms with van der Waals surface area (Å²) in [6.07, 6.45) is 9.34. The molecule has 57 heteroatoms. The summed E-state index contributed by atoms with van der Waals surface area (Å²) in [6, 6.07) is 19.8. The van der Waals surface area contributed by atoms with Crippen molar-refractivity contribution < 1.29 is 178 Å². The van der Waals surface area contributed by atoms with Crippen LogP contribution in [0.25, 0.3) is 21.5 Å². The molecule has 52 nitrogen and oxygen atoms in total. The zero-order valence-electron chi connectivity index (χ0n) is 68.4. The summed E-state index contributed by atoms with van der Waals surface area (Å²) in [5.41, 5.74) is -10.0. The minimum Gasteiger partial charge on any atom is -0.315 e. The van der Waals surface area contributed by atoms with E-state index in [1.54, 1.807) is 36.4 Å². The van der Waals surface area contributed by atoms with Crippen molar-refractivity contribution in [3.05, 3.63) is 196 Å². The van der Waals surface area contributed by atoms with Crippen LogP contribution in [-0.4, -0.2) is 207 Å². The maximum absolute atomic E-state index is 12.5. The van der Waals surface area contributed by atoms with Crippen molar-refractivity contribution in [1.29, 1.82) is 0 Å². The second kappa shape index (κ2) is 38.0. The molecule has 138 heavy (non-hydrogen) atoms. The van der Waals surface area contributed by atoms with E-state index in [0.29, 0.717) is 25.3 Å². The monoisotopic (exact) mass is 2010 g/mol. The molecule has 2 aromatic heterocycles. The van der Waals surface area contributed by atoms with E-state index in [1.807, 2.05) is 36.5 Å². The van der Waals surface area contributed by atoms with Gasteiger partial charge >= 0.3 is 45.6 Å². The lowest BCUT2D eigenvalue weighted by atomic mass is 9.85. The Hall–Kier alpha value is -16.8. The molecule has 0 spiro atoms. The number of fused-ring (bicyclic) bond motifs is 20. The second-order valence-electron chi connectivity index (χ2n) is 30.7. The van der Waals surface area contributed by atoms with Gasteiger partial charge in [0, 0.05) is 96.5 Å². The molecule has 12 atom stereocenters. The van der Waals surface area contributed by atoms with Crippen LogP contribution in [0.4, 0.5) is 38.4 Å². The predicted octanol–water partition coefficient (Wildman–Crippen LogP) is 3.98. The van der Waals surface area contributed by atoms with Gasteiger partial charge in [-0.2, -0.15) is 14.4 Å². The van der Waals surface area contributed by atoms with E-state index in [9.17, 15) is 144 Å². The molecule has 6 aromatic rings. The number of nitrogens with zero attached hydrogens (tertiary/aromatic N) is 11. The number of rotatable bonds is 11. The Morgan fingerprint density at radius 1 is 0.225 bits per heavy atom. The van der Waals surface area contributed by atoms with Crippen molar-refractivity contribution in [3.63, 3.8) is 0 Å². The molecule has 0 N–H and O–H groups in total. The molecule has 9 aliphatic heterocycles. The maximum Gasteiger partial charge on any atom is 0.560 e. The Balaban J connectivity index is 0.000000124. The van der Waals surface area contributed by atoms with Gasteiger partial charge in [-0.25, -0.2) is 24.0 Å². The fourth-order valence-electron chi connectivity index (χ4n) is 17.6. The minimum atomic E-state index is -1.57. The Morgan fingerprint density at radius 2 is 0.391 bits per heavy atom. The van der Waals surface area contributed by atoms with Crippen molar-refractivity contribution in [1.82, 2.24) is 55.0 Å². The number of hydrogen-bond donors (Lipinski definition) is 0. The summed E-state index contributed by atoms with van der Waals surface area (Å²) in [5, 5.41) is 1.88. The third kappa shape index (κ3) is 17.8. The third-order valence-electron chi connectivity index (χ3n) is 23.2. The van der Waals surface area contributed by atoms with Crippen LogP contribution in [-0.2, 0) is 101 Å². The lowest BCUT2D eigenvalue weighted by Gasteiger charge is -2.18. The lowest BCUT2D eigenvalue weighted by Crippen LogP contribution is -2.40. The van der Waals surface area contributed by atoms with Gasteiger partial charge in [0.25, 0.3) is 129 Å². The van der Waals surface area contributed by atoms with Gasteiger partial charge in [0.1, 0.15) is 0 Å². The van der Waals surface area contributed by atoms with E-state index < -0.39 is 198 Å². The van der Waals surface area contributed by atoms with Crippen LogP contribution in [0.3, 0.4) is 0 Å². The number of imide groups is 9. The molecule has 4 aromatic carbocycles. The molecule has 3 saturated carbocycles. The summed E-state index contributed by atoms with van der Waals surface area (Å²) < 4.78 is 0.196. The Labute approximate surface area is 785 Å². The lowest BCUT2D eigenvalue weighted by molar-refractivity contribution is -0.201. The number of hydroxylamine groups is 18. The highest BCUT2D eigenvalue weighted by Crippen LogP contribution is 2.55. The van der Waals surface area contributed by atoms with Crippen LogP contribution in [0.15, 0.2) is 141 Å². The zero-order valence-corrected chi connectivity index (χ0v) is 72.2. The molecule has 6 bridgehead atoms. The summed E-state index contributed by atoms with van der Waals surface area (Å²) in [5.74, 6) is -14.6. The molecule has 0 radical (unpaired) electrons. The standard InChI is InChI=1S/C19H16N2O7.C17H8N2O7.C12H2Cl2N2O8.C10H8ClNO4.C9H4ClNO4.C9H8N2O7.C5H4ClNO4/c22-15-11-7-1-2-8(5-7)12(11)16(23)20(15)27-19(26)28-21-17(24)13-9-3-4-10(6-9)14(13)18(21)25;20-13-9-5-1-2-6-10(9)14(21)18(13)25-17(24)26-19-15(22)11-7-3-4-8-12(11)16(19)23;13-11(21)23-15-7(17)3-1-4-6(2-5(3)9(15)19)10(20)16(8(4)18)24-12(14)22;11-10(15)16-12-8(13)6-4-1-2-5(3-4)7(6)9(12)14;10-9(14)15-11-7(12)5-3-1-2-4-6(5)8(11)13;12-5-1-2-6(13)10(5)17-9(16)18-11-7(14)3-4-8(11)15;6-5(10)11-7-3(8)1-2-4(7)9/h1-4,7-14H,5-6H2;1-8H;1-2H;1-2,4-7H,3H2;1-4H;1-4H2;1-2H2. The zero-order chi connectivity index (χ0) is 99.7. The normalized spacial score (nSPS) is 23.8. The third-order valence-corrected chi connectivity index (χ3v) is 23.5. The molecule has 15 aliphatic rings. The molecule has 11 heterocycles. The van der Waals surface area contributed by atoms with E-state index >= 15 is 0 Å². The summed E-state index contributed by atoms with van der Waals surface area (Å²) >= 11 is 24.6. The summed E-state index contributed by atoms with van der Waals surface area (Å²) in [7, 11) is 0. The van der Waals surface area contributed by atoms with E-state index in [1.165, 1.54) is 36.4 Å². The molecule has 710 valence electrons. The van der Waals surface area contributed by atoms with E-state index in [0.717, 1.165) is 31.4 Å². The molecule has 12 unspecified atom stereocenters. The summed E-state index contributed by atoms with van der Waals surface area (Å²) in [6.45, 7) is 0. The van der Waals surface area contributed by atoms with Gasteiger partial charge in [0.05, 0.1) is 90.4 Å². The van der Waals surface area contributed by atoms with Crippen LogP contribution >= 0.6 is 58.0 Å². The smallest absolute Gasteiger partial charge is 0.315 e. The van der Waals surface area contributed by atoms with Crippen LogP contribution in [0, 0.1) is 71.0 Å². The number of carbonyl (C=O) groups excluding carboxylic acids is 26. The Bertz CT molecular complexity index is 6330. The first kappa shape index (κ1) is 95.8. The number of allylic oxidation sites excluding steroid dienone is 6. The van der Waals surface area contributed by atoms with Gasteiger partial charge in [-0.1, -0.05) is 118 Å². The predicted molar refractivity (Wildman–Crippen MR) is 433 cm³/mol. The van der Waals surface area contributed by atoms with Gasteiger partial charge in [-0.3, -0.25) is 135 Å².